The van der Waals surface area contributed by atoms with E-state index in [0.717, 1.165) is 9.91 Å². The second-order valence-corrected chi connectivity index (χ2v) is 5.69. The van der Waals surface area contributed by atoms with Crippen LogP contribution in [0.1, 0.15) is 28.8 Å². The summed E-state index contributed by atoms with van der Waals surface area (Å²) in [5.41, 5.74) is 0.251. The number of carbonyl (C=O) groups excluding carboxylic acids is 2. The SMILES string of the molecule is Cc1nc(C(=O)C2CN(C(=O)O)[C@@H](C)CC2=O)cs1. The van der Waals surface area contributed by atoms with E-state index in [9.17, 15) is 14.4 Å². The number of nitrogens with zero attached hydrogens (tertiary/aromatic N) is 2. The van der Waals surface area contributed by atoms with Crippen LogP contribution in [-0.4, -0.2) is 45.2 Å². The first-order valence-corrected chi connectivity index (χ1v) is 6.76. The van der Waals surface area contributed by atoms with E-state index in [1.165, 1.54) is 11.3 Å². The molecule has 1 amide bonds. The Morgan fingerprint density at radius 1 is 1.53 bits per heavy atom. The number of amides is 1. The van der Waals surface area contributed by atoms with Crippen molar-refractivity contribution >= 4 is 29.0 Å². The van der Waals surface area contributed by atoms with Crippen LogP contribution in [0.15, 0.2) is 5.38 Å². The fraction of sp³-hybridized carbons (Fsp3) is 0.500. The molecule has 1 saturated heterocycles. The predicted octanol–water partition coefficient (Wildman–Crippen LogP) is 1.59. The third-order valence-electron chi connectivity index (χ3n) is 3.23. The molecule has 1 N–H and O–H groups in total. The molecule has 1 aliphatic heterocycles. The average molecular weight is 282 g/mol. The van der Waals surface area contributed by atoms with Crippen LogP contribution in [0.3, 0.4) is 0 Å². The molecule has 1 aliphatic rings. The summed E-state index contributed by atoms with van der Waals surface area (Å²) in [5, 5.41) is 11.4. The number of hydrogen-bond donors (Lipinski definition) is 1. The van der Waals surface area contributed by atoms with Gasteiger partial charge in [-0.3, -0.25) is 9.59 Å². The summed E-state index contributed by atoms with van der Waals surface area (Å²) < 4.78 is 0. The van der Waals surface area contributed by atoms with Gasteiger partial charge >= 0.3 is 6.09 Å². The Kier molecular flexibility index (Phi) is 3.66. The summed E-state index contributed by atoms with van der Waals surface area (Å²) in [6, 6.07) is -0.383. The van der Waals surface area contributed by atoms with Crippen molar-refractivity contribution in [3.63, 3.8) is 0 Å². The summed E-state index contributed by atoms with van der Waals surface area (Å²) in [7, 11) is 0. The average Bonchev–Trinajstić information content (AvgIpc) is 2.74. The molecule has 2 atom stereocenters. The molecule has 0 radical (unpaired) electrons. The molecule has 0 aliphatic carbocycles. The van der Waals surface area contributed by atoms with Crippen molar-refractivity contribution in [1.29, 1.82) is 0 Å². The van der Waals surface area contributed by atoms with Crippen molar-refractivity contribution < 1.29 is 19.5 Å². The lowest BCUT2D eigenvalue weighted by molar-refractivity contribution is -0.125. The molecule has 2 rings (SSSR count). The highest BCUT2D eigenvalue weighted by atomic mass is 32.1. The highest BCUT2D eigenvalue weighted by molar-refractivity contribution is 7.09. The maximum Gasteiger partial charge on any atom is 0.407 e. The summed E-state index contributed by atoms with van der Waals surface area (Å²) in [6.07, 6.45) is -1.03. The topological polar surface area (TPSA) is 87.6 Å². The maximum absolute atomic E-state index is 12.2. The Hall–Kier alpha value is -1.76. The van der Waals surface area contributed by atoms with Gasteiger partial charge in [-0.05, 0) is 13.8 Å². The van der Waals surface area contributed by atoms with Crippen LogP contribution >= 0.6 is 11.3 Å². The van der Waals surface area contributed by atoms with Crippen molar-refractivity contribution in [2.75, 3.05) is 6.54 Å². The number of carboxylic acid groups (broad SMARTS) is 1. The van der Waals surface area contributed by atoms with Gasteiger partial charge in [0.15, 0.2) is 5.78 Å². The van der Waals surface area contributed by atoms with Gasteiger partial charge in [-0.2, -0.15) is 0 Å². The highest BCUT2D eigenvalue weighted by Gasteiger charge is 2.39. The molecular formula is C12H14N2O4S. The summed E-state index contributed by atoms with van der Waals surface area (Å²) in [4.78, 5) is 40.4. The molecule has 2 heterocycles. The number of aryl methyl sites for hydroxylation is 1. The lowest BCUT2D eigenvalue weighted by atomic mass is 9.88. The molecule has 7 heteroatoms. The Labute approximate surface area is 114 Å². The molecule has 1 aromatic heterocycles. The fourth-order valence-corrected chi connectivity index (χ4v) is 2.78. The van der Waals surface area contributed by atoms with Crippen molar-refractivity contribution in [1.82, 2.24) is 9.88 Å². The fourth-order valence-electron chi connectivity index (χ4n) is 2.17. The van der Waals surface area contributed by atoms with Crippen molar-refractivity contribution in [2.24, 2.45) is 5.92 Å². The summed E-state index contributed by atoms with van der Waals surface area (Å²) in [6.45, 7) is 3.36. The van der Waals surface area contributed by atoms with Crippen LogP contribution in [0.5, 0.6) is 0 Å². The maximum atomic E-state index is 12.2. The molecule has 0 saturated carbocycles. The standard InChI is InChI=1S/C12H14N2O4S/c1-6-3-10(15)8(4-14(6)12(17)18)11(16)9-5-19-7(2)13-9/h5-6,8H,3-4H2,1-2H3,(H,17,18)/t6-,8?/m0/s1. The highest BCUT2D eigenvalue weighted by Crippen LogP contribution is 2.23. The Bertz CT molecular complexity index is 540. The molecule has 102 valence electrons. The summed E-state index contributed by atoms with van der Waals surface area (Å²) in [5.74, 6) is -1.51. The van der Waals surface area contributed by atoms with Gasteiger partial charge in [0.1, 0.15) is 17.4 Å². The number of hydrogen-bond acceptors (Lipinski definition) is 5. The molecule has 0 spiro atoms. The van der Waals surface area contributed by atoms with E-state index in [1.807, 2.05) is 0 Å². The van der Waals surface area contributed by atoms with Gasteiger partial charge in [0.05, 0.1) is 5.01 Å². The lowest BCUT2D eigenvalue weighted by Crippen LogP contribution is -2.51. The van der Waals surface area contributed by atoms with Crippen LogP contribution in [0.25, 0.3) is 0 Å². The van der Waals surface area contributed by atoms with Crippen LogP contribution < -0.4 is 0 Å². The molecule has 0 aromatic carbocycles. The Balaban J connectivity index is 2.21. The van der Waals surface area contributed by atoms with E-state index in [-0.39, 0.29) is 36.3 Å². The van der Waals surface area contributed by atoms with E-state index >= 15 is 0 Å². The summed E-state index contributed by atoms with van der Waals surface area (Å²) >= 11 is 1.33. The van der Waals surface area contributed by atoms with E-state index < -0.39 is 12.0 Å². The number of ketones is 2. The third kappa shape index (κ3) is 2.65. The number of piperidine rings is 1. The normalized spacial score (nSPS) is 23.5. The smallest absolute Gasteiger partial charge is 0.407 e. The van der Waals surface area contributed by atoms with Gasteiger partial charge in [-0.15, -0.1) is 11.3 Å². The van der Waals surface area contributed by atoms with Crippen molar-refractivity contribution in [2.45, 2.75) is 26.3 Å². The lowest BCUT2D eigenvalue weighted by Gasteiger charge is -2.34. The minimum Gasteiger partial charge on any atom is -0.465 e. The zero-order chi connectivity index (χ0) is 14.2. The van der Waals surface area contributed by atoms with Gasteiger partial charge in [0.25, 0.3) is 0 Å². The number of aromatic nitrogens is 1. The monoisotopic (exact) mass is 282 g/mol. The zero-order valence-electron chi connectivity index (χ0n) is 10.6. The molecule has 6 nitrogen and oxygen atoms in total. The number of likely N-dealkylation sites (tertiary alicyclic amines) is 1. The minimum absolute atomic E-state index is 0.0752. The second-order valence-electron chi connectivity index (χ2n) is 4.62. The molecule has 1 aromatic rings. The molecule has 0 bridgehead atoms. The van der Waals surface area contributed by atoms with Crippen LogP contribution in [0.2, 0.25) is 0 Å². The quantitative estimate of drug-likeness (QED) is 0.657. The molecular weight excluding hydrogens is 268 g/mol. The molecule has 1 unspecified atom stereocenters. The van der Waals surface area contributed by atoms with E-state index in [1.54, 1.807) is 19.2 Å². The number of Topliss-reactive ketones (excluding diaryl/α,β-unsaturated/α-hetero) is 2. The first-order valence-electron chi connectivity index (χ1n) is 5.88. The van der Waals surface area contributed by atoms with Crippen LogP contribution in [0, 0.1) is 12.8 Å². The first kappa shape index (κ1) is 13.7. The van der Waals surface area contributed by atoms with Crippen LogP contribution in [0.4, 0.5) is 4.79 Å². The first-order chi connectivity index (χ1) is 8.90. The third-order valence-corrected chi connectivity index (χ3v) is 4.00. The number of rotatable bonds is 2. The Morgan fingerprint density at radius 2 is 2.21 bits per heavy atom. The van der Waals surface area contributed by atoms with Crippen molar-refractivity contribution in [3.05, 3.63) is 16.1 Å². The zero-order valence-corrected chi connectivity index (χ0v) is 11.4. The predicted molar refractivity (Wildman–Crippen MR) is 68.5 cm³/mol. The second kappa shape index (κ2) is 5.08. The van der Waals surface area contributed by atoms with Gasteiger partial charge in [0.2, 0.25) is 0 Å². The van der Waals surface area contributed by atoms with Crippen molar-refractivity contribution in [3.8, 4) is 0 Å². The van der Waals surface area contributed by atoms with E-state index in [2.05, 4.69) is 4.98 Å². The largest absolute Gasteiger partial charge is 0.465 e. The van der Waals surface area contributed by atoms with Gasteiger partial charge in [-0.25, -0.2) is 9.78 Å². The van der Waals surface area contributed by atoms with Gasteiger partial charge < -0.3 is 10.0 Å². The Morgan fingerprint density at radius 3 is 2.74 bits per heavy atom. The minimum atomic E-state index is -1.10. The van der Waals surface area contributed by atoms with Gasteiger partial charge in [0, 0.05) is 24.4 Å². The molecule has 19 heavy (non-hydrogen) atoms. The number of thiazole rings is 1. The van der Waals surface area contributed by atoms with Crippen LogP contribution in [-0.2, 0) is 4.79 Å². The molecule has 1 fully saturated rings. The van der Waals surface area contributed by atoms with E-state index in [0.29, 0.717) is 0 Å². The number of carbonyl (C=O) groups is 3. The van der Waals surface area contributed by atoms with Gasteiger partial charge in [-0.1, -0.05) is 0 Å². The van der Waals surface area contributed by atoms with E-state index in [4.69, 9.17) is 5.11 Å².